The molecule has 0 unspecified atom stereocenters. The van der Waals surface area contributed by atoms with E-state index in [9.17, 15) is 0 Å². The molecule has 24 heavy (non-hydrogen) atoms. The minimum atomic E-state index is 0.0741. The zero-order chi connectivity index (χ0) is 17.5. The molecule has 0 aliphatic heterocycles. The monoisotopic (exact) mass is 435 g/mol. The summed E-state index contributed by atoms with van der Waals surface area (Å²) >= 11 is 2.22. The average Bonchev–Trinajstić information content (AvgIpc) is 2.57. The van der Waals surface area contributed by atoms with Crippen LogP contribution in [0.5, 0.6) is 11.5 Å². The molecule has 0 bridgehead atoms. The van der Waals surface area contributed by atoms with Crippen LogP contribution in [-0.4, -0.2) is 19.4 Å². The molecule has 0 atom stereocenters. The van der Waals surface area contributed by atoms with Crippen LogP contribution in [-0.2, 0) is 0 Å². The first-order valence-corrected chi connectivity index (χ1v) is 8.44. The Morgan fingerprint density at radius 1 is 1.25 bits per heavy atom. The van der Waals surface area contributed by atoms with E-state index in [4.69, 9.17) is 14.7 Å². The Hall–Kier alpha value is -2.27. The Morgan fingerprint density at radius 2 is 1.96 bits per heavy atom. The van der Waals surface area contributed by atoms with Crippen LogP contribution in [0, 0.1) is 14.9 Å². The van der Waals surface area contributed by atoms with E-state index in [-0.39, 0.29) is 6.10 Å². The van der Waals surface area contributed by atoms with Crippen molar-refractivity contribution in [2.75, 3.05) is 12.5 Å². The number of nitrogens with one attached hydrogen (secondary N) is 1. The van der Waals surface area contributed by atoms with Gasteiger partial charge in [-0.3, -0.25) is 5.43 Å². The van der Waals surface area contributed by atoms with Crippen LogP contribution in [0.15, 0.2) is 41.5 Å². The van der Waals surface area contributed by atoms with Crippen LogP contribution in [0.4, 0.5) is 5.69 Å². The number of nitriles is 1. The second-order valence-electron chi connectivity index (χ2n) is 5.26. The molecular weight excluding hydrogens is 417 g/mol. The van der Waals surface area contributed by atoms with Gasteiger partial charge in [0.05, 0.1) is 40.3 Å². The number of halogens is 1. The van der Waals surface area contributed by atoms with E-state index in [2.05, 4.69) is 39.2 Å². The predicted molar refractivity (Wildman–Crippen MR) is 104 cm³/mol. The van der Waals surface area contributed by atoms with Gasteiger partial charge in [0.1, 0.15) is 0 Å². The molecule has 0 aliphatic rings. The van der Waals surface area contributed by atoms with Gasteiger partial charge in [0.2, 0.25) is 0 Å². The van der Waals surface area contributed by atoms with Crippen molar-refractivity contribution in [1.82, 2.24) is 0 Å². The number of rotatable bonds is 6. The summed E-state index contributed by atoms with van der Waals surface area (Å²) in [5.41, 5.74) is 5.26. The lowest BCUT2D eigenvalue weighted by Gasteiger charge is -2.15. The van der Waals surface area contributed by atoms with Gasteiger partial charge < -0.3 is 9.47 Å². The van der Waals surface area contributed by atoms with Crippen molar-refractivity contribution >= 4 is 34.5 Å². The van der Waals surface area contributed by atoms with Gasteiger partial charge in [-0.25, -0.2) is 0 Å². The van der Waals surface area contributed by atoms with Crippen LogP contribution < -0.4 is 14.9 Å². The van der Waals surface area contributed by atoms with Crippen molar-refractivity contribution in [2.45, 2.75) is 20.0 Å². The smallest absolute Gasteiger partial charge is 0.174 e. The Balaban J connectivity index is 2.14. The maximum Gasteiger partial charge on any atom is 0.174 e. The van der Waals surface area contributed by atoms with E-state index in [0.717, 1.165) is 20.6 Å². The van der Waals surface area contributed by atoms with Gasteiger partial charge in [-0.05, 0) is 78.4 Å². The Labute approximate surface area is 155 Å². The molecule has 0 amide bonds. The highest BCUT2D eigenvalue weighted by atomic mass is 127. The normalized spacial score (nSPS) is 10.7. The summed E-state index contributed by atoms with van der Waals surface area (Å²) in [6.45, 7) is 3.96. The van der Waals surface area contributed by atoms with Crippen molar-refractivity contribution in [3.05, 3.63) is 51.1 Å². The van der Waals surface area contributed by atoms with Gasteiger partial charge >= 0.3 is 0 Å². The van der Waals surface area contributed by atoms with Crippen LogP contribution >= 0.6 is 22.6 Å². The lowest BCUT2D eigenvalue weighted by atomic mass is 10.2. The molecule has 0 spiro atoms. The molecule has 0 aromatic heterocycles. The minimum absolute atomic E-state index is 0.0741. The number of methoxy groups -OCH3 is 1. The zero-order valence-electron chi connectivity index (χ0n) is 13.7. The third kappa shape index (κ3) is 4.86. The molecule has 5 nitrogen and oxygen atoms in total. The van der Waals surface area contributed by atoms with Crippen molar-refractivity contribution in [3.8, 4) is 17.6 Å². The summed E-state index contributed by atoms with van der Waals surface area (Å²) in [4.78, 5) is 0. The molecule has 0 saturated carbocycles. The van der Waals surface area contributed by atoms with Gasteiger partial charge in [0, 0.05) is 0 Å². The second kappa shape index (κ2) is 8.55. The molecule has 2 aromatic carbocycles. The van der Waals surface area contributed by atoms with Crippen LogP contribution in [0.3, 0.4) is 0 Å². The number of hydrogen-bond acceptors (Lipinski definition) is 5. The highest BCUT2D eigenvalue weighted by molar-refractivity contribution is 14.1. The molecule has 6 heteroatoms. The summed E-state index contributed by atoms with van der Waals surface area (Å²) in [6.07, 6.45) is 1.78. The molecule has 0 heterocycles. The van der Waals surface area contributed by atoms with Crippen molar-refractivity contribution in [1.29, 1.82) is 5.26 Å². The fourth-order valence-corrected chi connectivity index (χ4v) is 2.72. The fraction of sp³-hybridized carbons (Fsp3) is 0.222. The highest BCUT2D eigenvalue weighted by Crippen LogP contribution is 2.34. The summed E-state index contributed by atoms with van der Waals surface area (Å²) in [5.74, 6) is 1.42. The van der Waals surface area contributed by atoms with E-state index in [1.807, 2.05) is 26.0 Å². The number of hydrogen-bond donors (Lipinski definition) is 1. The quantitative estimate of drug-likeness (QED) is 0.415. The maximum absolute atomic E-state index is 8.78. The van der Waals surface area contributed by atoms with E-state index in [1.165, 1.54) is 0 Å². The van der Waals surface area contributed by atoms with Crippen LogP contribution in [0.1, 0.15) is 25.0 Å². The summed E-state index contributed by atoms with van der Waals surface area (Å²) in [6, 6.07) is 13.0. The van der Waals surface area contributed by atoms with Gasteiger partial charge in [-0.2, -0.15) is 10.4 Å². The largest absolute Gasteiger partial charge is 0.493 e. The SMILES string of the molecule is COc1cc(/C=N/Nc2ccc(C#N)cc2)cc(I)c1OC(C)C. The van der Waals surface area contributed by atoms with Crippen molar-refractivity contribution in [2.24, 2.45) is 5.10 Å². The summed E-state index contributed by atoms with van der Waals surface area (Å²) in [5, 5.41) is 13.0. The maximum atomic E-state index is 8.78. The molecule has 0 saturated heterocycles. The van der Waals surface area contributed by atoms with Crippen LogP contribution in [0.2, 0.25) is 0 Å². The van der Waals surface area contributed by atoms with Crippen molar-refractivity contribution in [3.63, 3.8) is 0 Å². The summed E-state index contributed by atoms with van der Waals surface area (Å²) in [7, 11) is 1.62. The third-order valence-corrected chi connectivity index (χ3v) is 3.83. The molecule has 0 aliphatic carbocycles. The summed E-state index contributed by atoms with van der Waals surface area (Å²) < 4.78 is 12.2. The molecule has 1 N–H and O–H groups in total. The number of ether oxygens (including phenoxy) is 2. The minimum Gasteiger partial charge on any atom is -0.493 e. The lowest BCUT2D eigenvalue weighted by molar-refractivity contribution is 0.228. The Bertz CT molecular complexity index is 765. The van der Waals surface area contributed by atoms with E-state index in [1.54, 1.807) is 37.6 Å². The topological polar surface area (TPSA) is 66.6 Å². The van der Waals surface area contributed by atoms with Gasteiger partial charge in [-0.1, -0.05) is 0 Å². The van der Waals surface area contributed by atoms with Gasteiger partial charge in [0.15, 0.2) is 11.5 Å². The first kappa shape index (κ1) is 18.1. The second-order valence-corrected chi connectivity index (χ2v) is 6.42. The third-order valence-electron chi connectivity index (χ3n) is 3.03. The fourth-order valence-electron chi connectivity index (χ4n) is 1.97. The zero-order valence-corrected chi connectivity index (χ0v) is 15.9. The molecule has 2 aromatic rings. The number of hydrazone groups is 1. The molecule has 2 rings (SSSR count). The molecule has 124 valence electrons. The molecular formula is C18H18IN3O2. The van der Waals surface area contributed by atoms with Gasteiger partial charge in [-0.15, -0.1) is 0 Å². The highest BCUT2D eigenvalue weighted by Gasteiger charge is 2.12. The van der Waals surface area contributed by atoms with Crippen LogP contribution in [0.25, 0.3) is 0 Å². The standard InChI is InChI=1S/C18H18IN3O2/c1-12(2)24-18-16(19)8-14(9-17(18)23-3)11-21-22-15-6-4-13(10-20)5-7-15/h4-9,11-12,22H,1-3H3/b21-11+. The number of anilines is 1. The average molecular weight is 435 g/mol. The number of benzene rings is 2. The Kier molecular flexibility index (Phi) is 6.44. The molecule has 0 radical (unpaired) electrons. The molecule has 0 fully saturated rings. The predicted octanol–water partition coefficient (Wildman–Crippen LogP) is 4.40. The van der Waals surface area contributed by atoms with Gasteiger partial charge in [0.25, 0.3) is 0 Å². The van der Waals surface area contributed by atoms with E-state index >= 15 is 0 Å². The number of nitrogens with zero attached hydrogens (tertiary/aromatic N) is 2. The van der Waals surface area contributed by atoms with E-state index < -0.39 is 0 Å². The Morgan fingerprint density at radius 3 is 2.54 bits per heavy atom. The lowest BCUT2D eigenvalue weighted by Crippen LogP contribution is -2.08. The van der Waals surface area contributed by atoms with Crippen molar-refractivity contribution < 1.29 is 9.47 Å². The first-order valence-electron chi connectivity index (χ1n) is 7.37. The van der Waals surface area contributed by atoms with E-state index in [0.29, 0.717) is 11.3 Å². The first-order chi connectivity index (χ1) is 11.5.